The van der Waals surface area contributed by atoms with Crippen molar-refractivity contribution in [2.24, 2.45) is 0 Å². The van der Waals surface area contributed by atoms with Crippen molar-refractivity contribution in [3.63, 3.8) is 0 Å². The van der Waals surface area contributed by atoms with Gasteiger partial charge in [-0.3, -0.25) is 0 Å². The fraction of sp³-hybridized carbons (Fsp3) is 0. The number of carbonyl (C=O) groups excluding carboxylic acids is 1. The quantitative estimate of drug-likeness (QED) is 0.530. The molecule has 0 aliphatic rings. The van der Waals surface area contributed by atoms with Gasteiger partial charge in [-0.05, 0) is 23.8 Å². The zero-order valence-electron chi connectivity index (χ0n) is 5.61. The fourth-order valence-electron chi connectivity index (χ4n) is 0.672. The maximum atomic E-state index is 10.6. The minimum absolute atomic E-state index is 0. The first kappa shape index (κ1) is 12.4. The predicted molar refractivity (Wildman–Crippen MR) is 48.2 cm³/mol. The standard InChI is InChI=1S/C7H4Cl2OS.Au/c8-5-1-4(7(10)11)2-6(9)3-5;/h1-3H,(H,10,11);/q;+1/p-1. The van der Waals surface area contributed by atoms with Gasteiger partial charge in [-0.1, -0.05) is 23.2 Å². The second-order valence-corrected chi connectivity index (χ2v) is 3.19. The van der Waals surface area contributed by atoms with Crippen molar-refractivity contribution in [2.45, 2.75) is 0 Å². The second-order valence-electron chi connectivity index (χ2n) is 1.95. The Kier molecular flexibility index (Phi) is 5.41. The second kappa shape index (κ2) is 5.22. The zero-order valence-corrected chi connectivity index (χ0v) is 10.1. The van der Waals surface area contributed by atoms with E-state index in [4.69, 9.17) is 23.2 Å². The maximum Gasteiger partial charge on any atom is 1.00 e. The first-order valence-electron chi connectivity index (χ1n) is 2.77. The summed E-state index contributed by atoms with van der Waals surface area (Å²) in [5.41, 5.74) is 0.359. The number of hydrogen-bond donors (Lipinski definition) is 0. The summed E-state index contributed by atoms with van der Waals surface area (Å²) in [6.07, 6.45) is 0. The Labute approximate surface area is 101 Å². The van der Waals surface area contributed by atoms with Gasteiger partial charge in [0.15, 0.2) is 0 Å². The molecule has 0 amide bonds. The monoisotopic (exact) mass is 402 g/mol. The summed E-state index contributed by atoms with van der Waals surface area (Å²) in [6, 6.07) is 4.52. The van der Waals surface area contributed by atoms with Crippen LogP contribution in [0.5, 0.6) is 0 Å². The molecule has 1 rings (SSSR count). The first-order chi connectivity index (χ1) is 5.09. The summed E-state index contributed by atoms with van der Waals surface area (Å²) in [7, 11) is 0. The summed E-state index contributed by atoms with van der Waals surface area (Å²) in [5, 5.41) is 0.394. The molecule has 0 atom stereocenters. The average molecular weight is 403 g/mol. The van der Waals surface area contributed by atoms with Crippen molar-refractivity contribution < 1.29 is 27.2 Å². The van der Waals surface area contributed by atoms with E-state index >= 15 is 0 Å². The molecule has 0 saturated heterocycles. The van der Waals surface area contributed by atoms with Gasteiger partial charge in [-0.2, -0.15) is 0 Å². The minimum Gasteiger partial charge on any atom is -0.737 e. The summed E-state index contributed by atoms with van der Waals surface area (Å²) in [6.45, 7) is 0. The van der Waals surface area contributed by atoms with Gasteiger partial charge >= 0.3 is 22.4 Å². The van der Waals surface area contributed by atoms with Crippen LogP contribution in [0, 0.1) is 0 Å². The molecule has 1 aromatic carbocycles. The van der Waals surface area contributed by atoms with Gasteiger partial charge in [-0.15, -0.1) is 0 Å². The number of carbonyl (C=O) groups is 1. The molecule has 0 heterocycles. The van der Waals surface area contributed by atoms with Crippen LogP contribution in [0.25, 0.3) is 0 Å². The molecular weight excluding hydrogens is 400 g/mol. The van der Waals surface area contributed by atoms with Crippen molar-refractivity contribution >= 4 is 40.9 Å². The van der Waals surface area contributed by atoms with E-state index in [-0.39, 0.29) is 22.4 Å². The molecule has 0 aromatic heterocycles. The molecule has 12 heavy (non-hydrogen) atoms. The molecule has 0 spiro atoms. The molecule has 0 saturated carbocycles. The van der Waals surface area contributed by atoms with E-state index in [9.17, 15) is 4.79 Å². The van der Waals surface area contributed by atoms with Crippen molar-refractivity contribution in [3.05, 3.63) is 33.8 Å². The van der Waals surface area contributed by atoms with Crippen LogP contribution in [0.15, 0.2) is 18.2 Å². The van der Waals surface area contributed by atoms with Gasteiger partial charge < -0.3 is 17.4 Å². The van der Waals surface area contributed by atoms with Crippen molar-refractivity contribution in [3.8, 4) is 0 Å². The Hall–Kier alpha value is 0.430. The summed E-state index contributed by atoms with van der Waals surface area (Å²) in [5.74, 6) is 0. The molecule has 0 unspecified atom stereocenters. The van der Waals surface area contributed by atoms with E-state index in [1.165, 1.54) is 12.1 Å². The Morgan fingerprint density at radius 2 is 1.58 bits per heavy atom. The molecule has 0 bridgehead atoms. The molecule has 68 valence electrons. The van der Waals surface area contributed by atoms with Gasteiger partial charge in [0.1, 0.15) is 0 Å². The molecule has 0 N–H and O–H groups in total. The Morgan fingerprint density at radius 3 is 1.92 bits per heavy atom. The van der Waals surface area contributed by atoms with Crippen LogP contribution in [0.4, 0.5) is 0 Å². The summed E-state index contributed by atoms with van der Waals surface area (Å²) >= 11 is 15.6. The van der Waals surface area contributed by atoms with E-state index in [0.29, 0.717) is 15.6 Å². The molecule has 0 aliphatic heterocycles. The zero-order chi connectivity index (χ0) is 8.43. The molecule has 1 nitrogen and oxygen atoms in total. The van der Waals surface area contributed by atoms with Crippen LogP contribution in [0.1, 0.15) is 10.4 Å². The van der Waals surface area contributed by atoms with Gasteiger partial charge in [0, 0.05) is 15.2 Å². The van der Waals surface area contributed by atoms with Crippen LogP contribution >= 0.6 is 23.2 Å². The predicted octanol–water partition coefficient (Wildman–Crippen LogP) is 2.68. The Bertz CT molecular complexity index is 283. The number of hydrogen-bond acceptors (Lipinski definition) is 2. The average Bonchev–Trinajstić information content (AvgIpc) is 1.85. The molecule has 5 heteroatoms. The third-order valence-electron chi connectivity index (χ3n) is 1.10. The maximum absolute atomic E-state index is 10.6. The summed E-state index contributed by atoms with van der Waals surface area (Å²) < 4.78 is 0. The molecule has 0 aliphatic carbocycles. The summed E-state index contributed by atoms with van der Waals surface area (Å²) in [4.78, 5) is 10.6. The van der Waals surface area contributed by atoms with E-state index in [1.54, 1.807) is 6.07 Å². The fourth-order valence-corrected chi connectivity index (χ4v) is 1.32. The largest absolute Gasteiger partial charge is 1.00 e. The van der Waals surface area contributed by atoms with Crippen LogP contribution in [0.2, 0.25) is 10.0 Å². The minimum atomic E-state index is -0.450. The number of rotatable bonds is 1. The van der Waals surface area contributed by atoms with E-state index in [1.807, 2.05) is 0 Å². The third kappa shape index (κ3) is 3.44. The van der Waals surface area contributed by atoms with Crippen molar-refractivity contribution in [1.29, 1.82) is 0 Å². The first-order valence-corrected chi connectivity index (χ1v) is 3.93. The number of halogens is 2. The van der Waals surface area contributed by atoms with Gasteiger partial charge in [0.25, 0.3) is 0 Å². The van der Waals surface area contributed by atoms with Gasteiger partial charge in [0.2, 0.25) is 0 Å². The van der Waals surface area contributed by atoms with Crippen LogP contribution in [-0.4, -0.2) is 5.12 Å². The van der Waals surface area contributed by atoms with E-state index in [2.05, 4.69) is 12.6 Å². The molecule has 0 radical (unpaired) electrons. The number of benzene rings is 1. The third-order valence-corrected chi connectivity index (χ3v) is 1.77. The van der Waals surface area contributed by atoms with Crippen LogP contribution < -0.4 is 0 Å². The SMILES string of the molecule is O=C([S-])c1cc(Cl)cc(Cl)c1.[Au+]. The Balaban J connectivity index is 0.00000121. The van der Waals surface area contributed by atoms with E-state index in [0.717, 1.165) is 0 Å². The van der Waals surface area contributed by atoms with Gasteiger partial charge in [-0.25, -0.2) is 0 Å². The Morgan fingerprint density at radius 1 is 1.17 bits per heavy atom. The normalized spacial score (nSPS) is 8.83. The van der Waals surface area contributed by atoms with E-state index < -0.39 is 5.12 Å². The molecule has 1 aromatic rings. The smallest absolute Gasteiger partial charge is 0.737 e. The van der Waals surface area contributed by atoms with Crippen LogP contribution in [0.3, 0.4) is 0 Å². The van der Waals surface area contributed by atoms with Crippen LogP contribution in [-0.2, 0) is 35.0 Å². The van der Waals surface area contributed by atoms with Gasteiger partial charge in [0.05, 0.1) is 0 Å². The molecule has 0 fully saturated rings. The molecular formula is C7H3AuCl2OS. The topological polar surface area (TPSA) is 17.1 Å². The van der Waals surface area contributed by atoms with Crippen molar-refractivity contribution in [2.75, 3.05) is 0 Å². The van der Waals surface area contributed by atoms with Crippen molar-refractivity contribution in [1.82, 2.24) is 0 Å².